The van der Waals surface area contributed by atoms with Gasteiger partial charge in [0, 0.05) is 11.0 Å². The Morgan fingerprint density at radius 3 is 2.46 bits per heavy atom. The Morgan fingerprint density at radius 1 is 1.38 bits per heavy atom. The van der Waals surface area contributed by atoms with Gasteiger partial charge in [-0.25, -0.2) is 0 Å². The minimum Gasteiger partial charge on any atom is -0.161 e. The molecule has 79 valence electrons. The Hall–Kier alpha value is 1.05. The molecule has 3 heteroatoms. The summed E-state index contributed by atoms with van der Waals surface area (Å²) in [6, 6.07) is 0. The van der Waals surface area contributed by atoms with Gasteiger partial charge in [0.15, 0.2) is 0 Å². The van der Waals surface area contributed by atoms with E-state index in [9.17, 15) is 0 Å². The van der Waals surface area contributed by atoms with Crippen molar-refractivity contribution >= 4 is 36.2 Å². The van der Waals surface area contributed by atoms with Crippen molar-refractivity contribution in [1.82, 2.24) is 0 Å². The van der Waals surface area contributed by atoms with Crippen molar-refractivity contribution in [2.24, 2.45) is 0 Å². The third kappa shape index (κ3) is 11.0. The highest BCUT2D eigenvalue weighted by Crippen LogP contribution is 2.33. The highest BCUT2D eigenvalue weighted by molar-refractivity contribution is 8.12. The van der Waals surface area contributed by atoms with Crippen LogP contribution in [-0.2, 0) is 0 Å². The fraction of sp³-hybridized carbons (Fsp3) is 1.00. The summed E-state index contributed by atoms with van der Waals surface area (Å²) in [6.45, 7) is 8.74. The van der Waals surface area contributed by atoms with Crippen molar-refractivity contribution < 1.29 is 0 Å². The van der Waals surface area contributed by atoms with Gasteiger partial charge in [-0.2, -0.15) is 11.8 Å². The van der Waals surface area contributed by atoms with Crippen LogP contribution in [-0.4, -0.2) is 20.8 Å². The van der Waals surface area contributed by atoms with Gasteiger partial charge in [0.2, 0.25) is 0 Å². The average molecular weight is 237 g/mol. The van der Waals surface area contributed by atoms with Crippen LogP contribution in [0.15, 0.2) is 0 Å². The lowest BCUT2D eigenvalue weighted by Crippen LogP contribution is -2.12. The third-order valence-electron chi connectivity index (χ3n) is 1.48. The van der Waals surface area contributed by atoms with Crippen LogP contribution in [0.4, 0.5) is 0 Å². The maximum absolute atomic E-state index is 5.32. The zero-order valence-electron chi connectivity index (χ0n) is 9.13. The molecule has 0 aliphatic carbocycles. The lowest BCUT2D eigenvalue weighted by atomic mass is 10.4. The standard InChI is InChI=1S/C10H21S3/c1-5-6-7-12-8-9(2)13-10(3,4)11/h9H,5-8H2,1-4H3. The predicted octanol–water partition coefficient (Wildman–Crippen LogP) is 4.58. The zero-order chi connectivity index (χ0) is 10.3. The van der Waals surface area contributed by atoms with Crippen LogP contribution >= 0.6 is 36.2 Å². The van der Waals surface area contributed by atoms with Crippen molar-refractivity contribution in [3.05, 3.63) is 0 Å². The average Bonchev–Trinajstić information content (AvgIpc) is 1.94. The molecule has 1 atom stereocenters. The van der Waals surface area contributed by atoms with Crippen LogP contribution in [0.3, 0.4) is 0 Å². The van der Waals surface area contributed by atoms with E-state index in [2.05, 4.69) is 39.5 Å². The van der Waals surface area contributed by atoms with Crippen molar-refractivity contribution in [2.45, 2.75) is 49.9 Å². The van der Waals surface area contributed by atoms with E-state index in [4.69, 9.17) is 12.6 Å². The molecule has 0 heterocycles. The first-order valence-electron chi connectivity index (χ1n) is 4.91. The van der Waals surface area contributed by atoms with Crippen molar-refractivity contribution in [3.63, 3.8) is 0 Å². The lowest BCUT2D eigenvalue weighted by molar-refractivity contribution is 0.895. The number of thioether (sulfide) groups is 2. The largest absolute Gasteiger partial charge is 0.161 e. The molecule has 0 saturated heterocycles. The van der Waals surface area contributed by atoms with Gasteiger partial charge in [-0.1, -0.05) is 32.9 Å². The van der Waals surface area contributed by atoms with E-state index < -0.39 is 0 Å². The fourth-order valence-electron chi connectivity index (χ4n) is 1.01. The molecule has 0 fully saturated rings. The van der Waals surface area contributed by atoms with Crippen molar-refractivity contribution in [2.75, 3.05) is 11.5 Å². The van der Waals surface area contributed by atoms with E-state index >= 15 is 0 Å². The summed E-state index contributed by atoms with van der Waals surface area (Å²) in [5.74, 6) is 2.55. The molecule has 1 radical (unpaired) electrons. The predicted molar refractivity (Wildman–Crippen MR) is 71.0 cm³/mol. The molecule has 0 rings (SSSR count). The minimum absolute atomic E-state index is 0.00470. The Morgan fingerprint density at radius 2 is 2.00 bits per heavy atom. The number of unbranched alkanes of at least 4 members (excludes halogenated alkanes) is 1. The first-order valence-corrected chi connectivity index (χ1v) is 7.36. The van der Waals surface area contributed by atoms with E-state index in [-0.39, 0.29) is 4.08 Å². The Bertz CT molecular complexity index is 118. The summed E-state index contributed by atoms with van der Waals surface area (Å²) in [5, 5.41) is 0.689. The van der Waals surface area contributed by atoms with E-state index in [1.54, 1.807) is 0 Å². The van der Waals surface area contributed by atoms with Crippen LogP contribution in [0, 0.1) is 0 Å². The van der Waals surface area contributed by atoms with Crippen LogP contribution in [0.1, 0.15) is 40.5 Å². The van der Waals surface area contributed by atoms with Gasteiger partial charge >= 0.3 is 0 Å². The zero-order valence-corrected chi connectivity index (χ0v) is 11.6. The SMILES string of the molecule is CCCCSCC(C)SC(C)(C)[S]. The third-order valence-corrected chi connectivity index (χ3v) is 4.43. The normalized spacial score (nSPS) is 14.5. The van der Waals surface area contributed by atoms with Gasteiger partial charge in [-0.15, -0.1) is 11.8 Å². The Balaban J connectivity index is 3.35. The number of hydrogen-bond acceptors (Lipinski definition) is 2. The monoisotopic (exact) mass is 237 g/mol. The first-order chi connectivity index (χ1) is 5.95. The maximum atomic E-state index is 5.32. The molecule has 0 amide bonds. The molecule has 0 aromatic heterocycles. The Labute approximate surface area is 97.4 Å². The molecule has 0 aliphatic rings. The fourth-order valence-corrected chi connectivity index (χ4v) is 4.03. The summed E-state index contributed by atoms with van der Waals surface area (Å²) >= 11 is 9.28. The smallest absolute Gasteiger partial charge is 0.0661 e. The van der Waals surface area contributed by atoms with Crippen molar-refractivity contribution in [3.8, 4) is 0 Å². The number of rotatable bonds is 7. The second kappa shape index (κ2) is 7.36. The molecule has 0 N–H and O–H groups in total. The van der Waals surface area contributed by atoms with Gasteiger partial charge in [0.25, 0.3) is 0 Å². The number of hydrogen-bond donors (Lipinski definition) is 0. The van der Waals surface area contributed by atoms with Crippen LogP contribution < -0.4 is 0 Å². The Kier molecular flexibility index (Phi) is 7.95. The molecule has 0 aromatic carbocycles. The molecule has 0 aliphatic heterocycles. The van der Waals surface area contributed by atoms with Gasteiger partial charge in [0.05, 0.1) is 4.08 Å². The van der Waals surface area contributed by atoms with Gasteiger partial charge in [-0.3, -0.25) is 0 Å². The molecular weight excluding hydrogens is 216 g/mol. The van der Waals surface area contributed by atoms with E-state index in [1.165, 1.54) is 24.3 Å². The van der Waals surface area contributed by atoms with Crippen LogP contribution in [0.25, 0.3) is 0 Å². The molecule has 0 nitrogen and oxygen atoms in total. The minimum atomic E-state index is 0.00470. The second-order valence-corrected chi connectivity index (χ2v) is 8.25. The molecular formula is C10H21S3. The lowest BCUT2D eigenvalue weighted by Gasteiger charge is -2.20. The van der Waals surface area contributed by atoms with Gasteiger partial charge in [0.1, 0.15) is 0 Å². The summed E-state index contributed by atoms with van der Waals surface area (Å²) < 4.78 is 0.00470. The van der Waals surface area contributed by atoms with Gasteiger partial charge in [-0.05, 0) is 26.0 Å². The van der Waals surface area contributed by atoms with Crippen molar-refractivity contribution in [1.29, 1.82) is 0 Å². The van der Waals surface area contributed by atoms with Crippen LogP contribution in [0.2, 0.25) is 0 Å². The topological polar surface area (TPSA) is 0 Å². The molecule has 13 heavy (non-hydrogen) atoms. The molecule has 0 spiro atoms. The maximum Gasteiger partial charge on any atom is 0.0661 e. The highest BCUT2D eigenvalue weighted by Gasteiger charge is 2.17. The molecule has 0 aromatic rings. The highest BCUT2D eigenvalue weighted by atomic mass is 32.2. The first kappa shape index (κ1) is 14.1. The summed E-state index contributed by atoms with van der Waals surface area (Å²) in [7, 11) is 0. The van der Waals surface area contributed by atoms with E-state index in [0.717, 1.165) is 0 Å². The van der Waals surface area contributed by atoms with Crippen LogP contribution in [0.5, 0.6) is 0 Å². The summed E-state index contributed by atoms with van der Waals surface area (Å²) in [5.41, 5.74) is 0. The van der Waals surface area contributed by atoms with E-state index in [0.29, 0.717) is 5.25 Å². The second-order valence-electron chi connectivity index (χ2n) is 3.76. The molecule has 0 saturated carbocycles. The quantitative estimate of drug-likeness (QED) is 0.595. The summed E-state index contributed by atoms with van der Waals surface area (Å²) in [4.78, 5) is 0. The summed E-state index contributed by atoms with van der Waals surface area (Å²) in [6.07, 6.45) is 2.65. The van der Waals surface area contributed by atoms with E-state index in [1.807, 2.05) is 11.8 Å². The molecule has 1 unspecified atom stereocenters. The van der Waals surface area contributed by atoms with Gasteiger partial charge < -0.3 is 0 Å². The molecule has 0 bridgehead atoms.